The van der Waals surface area contributed by atoms with Gasteiger partial charge >= 0.3 is 0 Å². The van der Waals surface area contributed by atoms with Crippen LogP contribution in [0, 0.1) is 0 Å². The molecule has 0 aliphatic heterocycles. The van der Waals surface area contributed by atoms with E-state index in [-0.39, 0.29) is 48.8 Å². The van der Waals surface area contributed by atoms with Crippen molar-refractivity contribution < 1.29 is 13.2 Å². The van der Waals surface area contributed by atoms with Crippen LogP contribution >= 0.6 is 24.8 Å². The molecule has 0 saturated heterocycles. The van der Waals surface area contributed by atoms with E-state index in [0.29, 0.717) is 5.92 Å². The first-order valence-electron chi connectivity index (χ1n) is 8.70. The number of halogens is 2. The van der Waals surface area contributed by atoms with Crippen LogP contribution in [0.25, 0.3) is 0 Å². The number of carbonyl (C=O) groups excluding carboxylic acids is 1. The topological polar surface area (TPSA) is 105 Å². The van der Waals surface area contributed by atoms with Gasteiger partial charge < -0.3 is 11.1 Å². The first-order valence-corrected chi connectivity index (χ1v) is 10.1. The van der Waals surface area contributed by atoms with E-state index in [9.17, 15) is 13.2 Å². The summed E-state index contributed by atoms with van der Waals surface area (Å²) in [6.07, 6.45) is 2.74. The summed E-state index contributed by atoms with van der Waals surface area (Å²) >= 11 is 0. The Morgan fingerprint density at radius 2 is 1.72 bits per heavy atom. The van der Waals surface area contributed by atoms with Crippen LogP contribution in [0.5, 0.6) is 0 Å². The maximum Gasteiger partial charge on any atom is 0.244 e. The summed E-state index contributed by atoms with van der Waals surface area (Å²) < 4.78 is 25.8. The zero-order valence-electron chi connectivity index (χ0n) is 16.6. The Labute approximate surface area is 185 Å². The van der Waals surface area contributed by atoms with E-state index >= 15 is 0 Å². The molecular formula is C19H28Cl2N4O3S. The molecule has 2 aromatic rings. The van der Waals surface area contributed by atoms with Crippen LogP contribution in [-0.4, -0.2) is 43.8 Å². The lowest BCUT2D eigenvalue weighted by atomic mass is 9.99. The van der Waals surface area contributed by atoms with Gasteiger partial charge in [-0.1, -0.05) is 38.1 Å². The number of nitrogens with zero attached hydrogens (tertiary/aromatic N) is 2. The summed E-state index contributed by atoms with van der Waals surface area (Å²) in [6.45, 7) is 4.16. The van der Waals surface area contributed by atoms with Gasteiger partial charge in [-0.3, -0.25) is 9.78 Å². The molecular weight excluding hydrogens is 435 g/mol. The number of carbonyl (C=O) groups is 1. The summed E-state index contributed by atoms with van der Waals surface area (Å²) in [7, 11) is -2.41. The van der Waals surface area contributed by atoms with Crippen LogP contribution in [0.1, 0.15) is 36.9 Å². The number of aromatic nitrogens is 1. The van der Waals surface area contributed by atoms with E-state index in [1.165, 1.54) is 37.1 Å². The fourth-order valence-electron chi connectivity index (χ4n) is 2.49. The van der Waals surface area contributed by atoms with Crippen molar-refractivity contribution in [3.63, 3.8) is 0 Å². The van der Waals surface area contributed by atoms with Gasteiger partial charge in [-0.2, -0.15) is 4.31 Å². The van der Waals surface area contributed by atoms with Gasteiger partial charge in [-0.25, -0.2) is 8.42 Å². The second kappa shape index (κ2) is 12.1. The van der Waals surface area contributed by atoms with Crippen molar-refractivity contribution >= 4 is 40.7 Å². The van der Waals surface area contributed by atoms with Gasteiger partial charge in [0.25, 0.3) is 0 Å². The lowest BCUT2D eigenvalue weighted by Crippen LogP contribution is -2.40. The fraction of sp³-hybridized carbons (Fsp3) is 0.368. The third-order valence-corrected chi connectivity index (χ3v) is 6.05. The van der Waals surface area contributed by atoms with Crippen LogP contribution in [0.3, 0.4) is 0 Å². The number of hydrogen-bond donors (Lipinski definition) is 2. The summed E-state index contributed by atoms with van der Waals surface area (Å²) in [5.74, 6) is 0.0199. The van der Waals surface area contributed by atoms with Crippen LogP contribution < -0.4 is 11.1 Å². The monoisotopic (exact) mass is 462 g/mol. The van der Waals surface area contributed by atoms with E-state index in [0.717, 1.165) is 9.87 Å². The second-order valence-electron chi connectivity index (χ2n) is 6.68. The summed E-state index contributed by atoms with van der Waals surface area (Å²) in [4.78, 5) is 16.0. The predicted molar refractivity (Wildman–Crippen MR) is 119 cm³/mol. The summed E-state index contributed by atoms with van der Waals surface area (Å²) in [5.41, 5.74) is 8.25. The minimum atomic E-state index is -3.76. The van der Waals surface area contributed by atoms with E-state index in [1.54, 1.807) is 0 Å². The molecule has 1 aromatic carbocycles. The van der Waals surface area contributed by atoms with Crippen molar-refractivity contribution in [2.75, 3.05) is 20.1 Å². The molecule has 2 rings (SSSR count). The van der Waals surface area contributed by atoms with Crippen molar-refractivity contribution in [1.29, 1.82) is 0 Å². The molecule has 7 nitrogen and oxygen atoms in total. The zero-order chi connectivity index (χ0) is 20.0. The molecule has 1 unspecified atom stereocenters. The van der Waals surface area contributed by atoms with Gasteiger partial charge in [-0.05, 0) is 29.2 Å². The molecule has 10 heteroatoms. The predicted octanol–water partition coefficient (Wildman–Crippen LogP) is 2.49. The van der Waals surface area contributed by atoms with Gasteiger partial charge in [0.1, 0.15) is 4.90 Å². The largest absolute Gasteiger partial charge is 0.353 e. The van der Waals surface area contributed by atoms with Crippen molar-refractivity contribution in [3.05, 3.63) is 59.9 Å². The molecule has 0 saturated carbocycles. The molecule has 1 heterocycles. The number of pyridine rings is 1. The number of sulfonamides is 1. The average Bonchev–Trinajstić information content (AvgIpc) is 2.66. The number of likely N-dealkylation sites (N-methyl/N-ethyl adjacent to an activating group) is 1. The molecule has 162 valence electrons. The van der Waals surface area contributed by atoms with Gasteiger partial charge in [-0.15, -0.1) is 24.8 Å². The highest BCUT2D eigenvalue weighted by Gasteiger charge is 2.23. The third kappa shape index (κ3) is 7.56. The highest BCUT2D eigenvalue weighted by molar-refractivity contribution is 7.89. The van der Waals surface area contributed by atoms with Crippen molar-refractivity contribution in [2.24, 2.45) is 5.73 Å². The van der Waals surface area contributed by atoms with Crippen LogP contribution in [0.15, 0.2) is 53.7 Å². The number of rotatable bonds is 8. The summed E-state index contributed by atoms with van der Waals surface area (Å²) in [6, 6.07) is 10.6. The Morgan fingerprint density at radius 1 is 1.14 bits per heavy atom. The maximum absolute atomic E-state index is 12.4. The zero-order valence-corrected chi connectivity index (χ0v) is 19.1. The molecule has 0 spiro atoms. The number of benzene rings is 1. The van der Waals surface area contributed by atoms with E-state index in [4.69, 9.17) is 5.73 Å². The highest BCUT2D eigenvalue weighted by Crippen LogP contribution is 2.17. The van der Waals surface area contributed by atoms with Crippen LogP contribution in [0.2, 0.25) is 0 Å². The molecule has 1 aromatic heterocycles. The number of amides is 1. The van der Waals surface area contributed by atoms with Gasteiger partial charge in [0.15, 0.2) is 0 Å². The van der Waals surface area contributed by atoms with E-state index < -0.39 is 15.9 Å². The molecule has 1 atom stereocenters. The Balaban J connectivity index is 0.00000392. The Morgan fingerprint density at radius 3 is 2.24 bits per heavy atom. The lowest BCUT2D eigenvalue weighted by Gasteiger charge is -2.18. The highest BCUT2D eigenvalue weighted by atomic mass is 35.5. The van der Waals surface area contributed by atoms with Crippen molar-refractivity contribution in [1.82, 2.24) is 14.6 Å². The Bertz CT molecular complexity index is 863. The Kier molecular flexibility index (Phi) is 11.4. The van der Waals surface area contributed by atoms with E-state index in [1.807, 2.05) is 24.3 Å². The molecule has 1 amide bonds. The Hall–Kier alpha value is -1.71. The molecule has 0 radical (unpaired) electrons. The van der Waals surface area contributed by atoms with Gasteiger partial charge in [0.2, 0.25) is 15.9 Å². The van der Waals surface area contributed by atoms with E-state index in [2.05, 4.69) is 24.1 Å². The quantitative estimate of drug-likeness (QED) is 0.626. The van der Waals surface area contributed by atoms with Gasteiger partial charge in [0.05, 0.1) is 6.54 Å². The first-order chi connectivity index (χ1) is 12.7. The molecule has 29 heavy (non-hydrogen) atoms. The first kappa shape index (κ1) is 27.3. The van der Waals surface area contributed by atoms with Crippen molar-refractivity contribution in [2.45, 2.75) is 30.7 Å². The number of nitrogens with two attached hydrogens (primary N) is 1. The average molecular weight is 463 g/mol. The molecule has 0 bridgehead atoms. The fourth-order valence-corrected chi connectivity index (χ4v) is 3.58. The summed E-state index contributed by atoms with van der Waals surface area (Å²) in [5, 5.41) is 2.69. The second-order valence-corrected chi connectivity index (χ2v) is 8.73. The normalized spacial score (nSPS) is 12.1. The molecule has 0 aliphatic rings. The lowest BCUT2D eigenvalue weighted by molar-refractivity contribution is -0.121. The minimum absolute atomic E-state index is 0. The third-order valence-electron chi connectivity index (χ3n) is 4.26. The number of nitrogens with one attached hydrogen (secondary N) is 1. The molecule has 0 fully saturated rings. The maximum atomic E-state index is 12.4. The van der Waals surface area contributed by atoms with Gasteiger partial charge in [0, 0.05) is 32.0 Å². The van der Waals surface area contributed by atoms with Crippen LogP contribution in [-0.2, 0) is 14.8 Å². The smallest absolute Gasteiger partial charge is 0.244 e. The minimum Gasteiger partial charge on any atom is -0.353 e. The molecule has 3 N–H and O–H groups in total. The standard InChI is InChI=1S/C19H26N4O3S.2ClH/c1-14(2)15-6-8-16(9-7-15)18(20)12-22-19(24)13-23(3)27(25,26)17-5-4-10-21-11-17;;/h4-11,14,18H,12-13,20H2,1-3H3,(H,22,24);2*1H. The SMILES string of the molecule is CC(C)c1ccc(C(N)CNC(=O)CN(C)S(=O)(=O)c2cccnc2)cc1.Cl.Cl. The molecule has 0 aliphatic carbocycles. The van der Waals surface area contributed by atoms with Crippen molar-refractivity contribution in [3.8, 4) is 0 Å². The van der Waals surface area contributed by atoms with Crippen LogP contribution in [0.4, 0.5) is 0 Å². The number of hydrogen-bond acceptors (Lipinski definition) is 5.